The summed E-state index contributed by atoms with van der Waals surface area (Å²) in [5.74, 6) is 2.50. The van der Waals surface area contributed by atoms with E-state index in [1.165, 1.54) is 0 Å². The molecular formula is C16H12BrNO. The van der Waals surface area contributed by atoms with Crippen LogP contribution in [0.15, 0.2) is 53.0 Å². The molecule has 0 N–H and O–H groups in total. The zero-order valence-electron chi connectivity index (χ0n) is 10.4. The zero-order chi connectivity index (χ0) is 13.8. The van der Waals surface area contributed by atoms with Crippen LogP contribution in [0.5, 0.6) is 0 Å². The molecule has 19 heavy (non-hydrogen) atoms. The molecule has 0 aliphatic heterocycles. The lowest BCUT2D eigenvalue weighted by Crippen LogP contribution is -2.26. The third-order valence-electron chi connectivity index (χ3n) is 2.82. The van der Waals surface area contributed by atoms with Crippen LogP contribution >= 0.6 is 15.9 Å². The monoisotopic (exact) mass is 313 g/mol. The van der Waals surface area contributed by atoms with Crippen molar-refractivity contribution in [3.63, 3.8) is 0 Å². The Hall–Kier alpha value is -2.05. The third kappa shape index (κ3) is 2.86. The Balaban J connectivity index is 2.34. The van der Waals surface area contributed by atoms with Crippen LogP contribution in [-0.4, -0.2) is 13.0 Å². The molecular weight excluding hydrogens is 302 g/mol. The highest BCUT2D eigenvalue weighted by Gasteiger charge is 2.15. The first-order chi connectivity index (χ1) is 9.13. The van der Waals surface area contributed by atoms with E-state index < -0.39 is 0 Å². The van der Waals surface area contributed by atoms with Gasteiger partial charge in [0.1, 0.15) is 0 Å². The van der Waals surface area contributed by atoms with E-state index in [0.29, 0.717) is 11.1 Å². The number of nitrogens with zero attached hydrogens (tertiary/aromatic N) is 1. The summed E-state index contributed by atoms with van der Waals surface area (Å²) in [6.07, 6.45) is 5.45. The Kier molecular flexibility index (Phi) is 4.03. The largest absolute Gasteiger partial charge is 0.310 e. The van der Waals surface area contributed by atoms with Crippen molar-refractivity contribution in [1.29, 1.82) is 0 Å². The van der Waals surface area contributed by atoms with Crippen LogP contribution < -0.4 is 4.90 Å². The van der Waals surface area contributed by atoms with Gasteiger partial charge in [0.25, 0.3) is 5.91 Å². The maximum atomic E-state index is 12.4. The van der Waals surface area contributed by atoms with Crippen molar-refractivity contribution in [2.75, 3.05) is 11.9 Å². The SMILES string of the molecule is C#Cc1ccccc1N(C)C(=O)c1ccc(Br)cc1. The molecule has 0 saturated heterocycles. The van der Waals surface area contributed by atoms with Crippen LogP contribution in [0.25, 0.3) is 0 Å². The number of hydrogen-bond donors (Lipinski definition) is 0. The van der Waals surface area contributed by atoms with Crippen molar-refractivity contribution in [3.8, 4) is 12.3 Å². The van der Waals surface area contributed by atoms with E-state index in [-0.39, 0.29) is 5.91 Å². The van der Waals surface area contributed by atoms with E-state index >= 15 is 0 Å². The minimum absolute atomic E-state index is 0.0878. The second-order valence-electron chi connectivity index (χ2n) is 4.03. The van der Waals surface area contributed by atoms with Gasteiger partial charge in [-0.2, -0.15) is 0 Å². The molecule has 0 aliphatic carbocycles. The molecule has 2 nitrogen and oxygen atoms in total. The van der Waals surface area contributed by atoms with Gasteiger partial charge in [-0.15, -0.1) is 6.42 Å². The number of para-hydroxylation sites is 1. The summed E-state index contributed by atoms with van der Waals surface area (Å²) in [5, 5.41) is 0. The summed E-state index contributed by atoms with van der Waals surface area (Å²) < 4.78 is 0.940. The predicted molar refractivity (Wildman–Crippen MR) is 81.3 cm³/mol. The normalized spacial score (nSPS) is 9.74. The van der Waals surface area contributed by atoms with Crippen LogP contribution in [0, 0.1) is 12.3 Å². The highest BCUT2D eigenvalue weighted by Crippen LogP contribution is 2.20. The molecule has 0 bridgehead atoms. The van der Waals surface area contributed by atoms with E-state index in [1.54, 1.807) is 24.1 Å². The molecule has 0 saturated carbocycles. The van der Waals surface area contributed by atoms with Crippen molar-refractivity contribution in [3.05, 3.63) is 64.1 Å². The fourth-order valence-corrected chi connectivity index (χ4v) is 2.05. The van der Waals surface area contributed by atoms with Crippen molar-refractivity contribution < 1.29 is 4.79 Å². The zero-order valence-corrected chi connectivity index (χ0v) is 12.0. The lowest BCUT2D eigenvalue weighted by molar-refractivity contribution is 0.0993. The van der Waals surface area contributed by atoms with Crippen molar-refractivity contribution in [2.45, 2.75) is 0 Å². The average Bonchev–Trinajstić information content (AvgIpc) is 2.46. The van der Waals surface area contributed by atoms with Crippen LogP contribution in [-0.2, 0) is 0 Å². The van der Waals surface area contributed by atoms with E-state index in [0.717, 1.165) is 10.2 Å². The Morgan fingerprint density at radius 3 is 2.42 bits per heavy atom. The number of halogens is 1. The van der Waals surface area contributed by atoms with Gasteiger partial charge in [0, 0.05) is 22.6 Å². The standard InChI is InChI=1S/C16H12BrNO/c1-3-12-6-4-5-7-15(12)18(2)16(19)13-8-10-14(17)11-9-13/h1,4-11H,2H3. The number of rotatable bonds is 2. The van der Waals surface area contributed by atoms with E-state index in [1.807, 2.05) is 36.4 Å². The fourth-order valence-electron chi connectivity index (χ4n) is 1.78. The topological polar surface area (TPSA) is 20.3 Å². The van der Waals surface area contributed by atoms with Gasteiger partial charge in [-0.1, -0.05) is 34.0 Å². The number of terminal acetylenes is 1. The summed E-state index contributed by atoms with van der Waals surface area (Å²) in [4.78, 5) is 13.9. The van der Waals surface area contributed by atoms with Gasteiger partial charge in [0.15, 0.2) is 0 Å². The lowest BCUT2D eigenvalue weighted by atomic mass is 10.1. The summed E-state index contributed by atoms with van der Waals surface area (Å²) in [5.41, 5.74) is 2.06. The predicted octanol–water partition coefficient (Wildman–Crippen LogP) is 3.71. The maximum Gasteiger partial charge on any atom is 0.258 e. The number of hydrogen-bond acceptors (Lipinski definition) is 1. The van der Waals surface area contributed by atoms with Gasteiger partial charge in [-0.05, 0) is 36.4 Å². The molecule has 2 rings (SSSR count). The smallest absolute Gasteiger partial charge is 0.258 e. The fraction of sp³-hybridized carbons (Fsp3) is 0.0625. The Labute approximate surface area is 121 Å². The van der Waals surface area contributed by atoms with Crippen molar-refractivity contribution in [2.24, 2.45) is 0 Å². The minimum Gasteiger partial charge on any atom is -0.310 e. The number of amides is 1. The molecule has 0 unspecified atom stereocenters. The molecule has 0 aromatic heterocycles. The number of carbonyl (C=O) groups is 1. The molecule has 0 aliphatic rings. The molecule has 1 amide bonds. The van der Waals surface area contributed by atoms with Gasteiger partial charge in [0.05, 0.1) is 5.69 Å². The first-order valence-electron chi connectivity index (χ1n) is 5.72. The van der Waals surface area contributed by atoms with Crippen LogP contribution in [0.4, 0.5) is 5.69 Å². The molecule has 94 valence electrons. The minimum atomic E-state index is -0.0878. The summed E-state index contributed by atoms with van der Waals surface area (Å²) in [6.45, 7) is 0. The number of benzene rings is 2. The van der Waals surface area contributed by atoms with Crippen LogP contribution in [0.3, 0.4) is 0 Å². The third-order valence-corrected chi connectivity index (χ3v) is 3.35. The molecule has 2 aromatic carbocycles. The first-order valence-corrected chi connectivity index (χ1v) is 6.52. The van der Waals surface area contributed by atoms with Crippen molar-refractivity contribution >= 4 is 27.5 Å². The van der Waals surface area contributed by atoms with Crippen LogP contribution in [0.1, 0.15) is 15.9 Å². The molecule has 0 spiro atoms. The Morgan fingerprint density at radius 2 is 1.79 bits per heavy atom. The van der Waals surface area contributed by atoms with Gasteiger partial charge >= 0.3 is 0 Å². The summed E-state index contributed by atoms with van der Waals surface area (Å²) in [7, 11) is 1.72. The Morgan fingerprint density at radius 1 is 1.16 bits per heavy atom. The highest BCUT2D eigenvalue weighted by atomic mass is 79.9. The number of carbonyl (C=O) groups excluding carboxylic acids is 1. The van der Waals surface area contributed by atoms with Gasteiger partial charge in [-0.3, -0.25) is 4.79 Å². The lowest BCUT2D eigenvalue weighted by Gasteiger charge is -2.19. The van der Waals surface area contributed by atoms with Gasteiger partial charge in [0.2, 0.25) is 0 Å². The summed E-state index contributed by atoms with van der Waals surface area (Å²) in [6, 6.07) is 14.6. The average molecular weight is 314 g/mol. The van der Waals surface area contributed by atoms with Gasteiger partial charge in [-0.25, -0.2) is 0 Å². The number of anilines is 1. The second-order valence-corrected chi connectivity index (χ2v) is 4.95. The Bertz CT molecular complexity index is 641. The van der Waals surface area contributed by atoms with Crippen molar-refractivity contribution in [1.82, 2.24) is 0 Å². The molecule has 0 fully saturated rings. The van der Waals surface area contributed by atoms with E-state index in [4.69, 9.17) is 6.42 Å². The molecule has 3 heteroatoms. The maximum absolute atomic E-state index is 12.4. The summed E-state index contributed by atoms with van der Waals surface area (Å²) >= 11 is 3.35. The molecule has 2 aromatic rings. The van der Waals surface area contributed by atoms with Crippen LogP contribution in [0.2, 0.25) is 0 Å². The molecule has 0 heterocycles. The second kappa shape index (κ2) is 5.73. The highest BCUT2D eigenvalue weighted by molar-refractivity contribution is 9.10. The van der Waals surface area contributed by atoms with Gasteiger partial charge < -0.3 is 4.90 Å². The quantitative estimate of drug-likeness (QED) is 0.774. The van der Waals surface area contributed by atoms with E-state index in [2.05, 4.69) is 21.9 Å². The molecule has 0 radical (unpaired) electrons. The molecule has 0 atom stereocenters. The van der Waals surface area contributed by atoms with E-state index in [9.17, 15) is 4.79 Å². The first kappa shape index (κ1) is 13.4.